The fourth-order valence-electron chi connectivity index (χ4n) is 2.45. The van der Waals surface area contributed by atoms with Gasteiger partial charge in [0.05, 0.1) is 0 Å². The lowest BCUT2D eigenvalue weighted by atomic mass is 9.85. The molecule has 1 rings (SSSR count). The third-order valence-electron chi connectivity index (χ3n) is 3.42. The van der Waals surface area contributed by atoms with E-state index in [9.17, 15) is 0 Å². The van der Waals surface area contributed by atoms with Crippen molar-refractivity contribution in [1.82, 2.24) is 0 Å². The molecular formula is C19H34O2. The summed E-state index contributed by atoms with van der Waals surface area (Å²) in [6.45, 7) is 15.4. The van der Waals surface area contributed by atoms with Crippen LogP contribution in [0.4, 0.5) is 0 Å². The highest BCUT2D eigenvalue weighted by molar-refractivity contribution is 5.29. The van der Waals surface area contributed by atoms with Crippen molar-refractivity contribution in [1.29, 1.82) is 0 Å². The lowest BCUT2D eigenvalue weighted by Crippen LogP contribution is -2.16. The topological polar surface area (TPSA) is 18.5 Å². The highest BCUT2D eigenvalue weighted by Crippen LogP contribution is 2.30. The molecule has 0 radical (unpaired) electrons. The highest BCUT2D eigenvalue weighted by Gasteiger charge is 2.14. The number of benzene rings is 1. The summed E-state index contributed by atoms with van der Waals surface area (Å²) in [6, 6.07) is 8.48. The Morgan fingerprint density at radius 1 is 0.952 bits per heavy atom. The van der Waals surface area contributed by atoms with Crippen molar-refractivity contribution in [2.75, 3.05) is 6.61 Å². The zero-order valence-corrected chi connectivity index (χ0v) is 15.0. The van der Waals surface area contributed by atoms with Gasteiger partial charge in [-0.05, 0) is 49.8 Å². The standard InChI is InChI=1S/C17H28O2.C2H6/c1-6-8-17(13(3)4)15-9-11-16(12-10-15)19-14(5)18-7-2;1-2/h9-14,17H,6-8H2,1-5H3;1-2H3. The quantitative estimate of drug-likeness (QED) is 0.546. The molecule has 0 aromatic heterocycles. The summed E-state index contributed by atoms with van der Waals surface area (Å²) < 4.78 is 11.1. The summed E-state index contributed by atoms with van der Waals surface area (Å²) in [5, 5.41) is 0. The van der Waals surface area contributed by atoms with E-state index in [-0.39, 0.29) is 6.29 Å². The fraction of sp³-hybridized carbons (Fsp3) is 0.684. The summed E-state index contributed by atoms with van der Waals surface area (Å²) in [6.07, 6.45) is 2.28. The first kappa shape index (κ1) is 20.0. The Kier molecular flexibility index (Phi) is 11.1. The van der Waals surface area contributed by atoms with Crippen LogP contribution >= 0.6 is 0 Å². The summed E-state index contributed by atoms with van der Waals surface area (Å²) in [5.41, 5.74) is 1.41. The Balaban J connectivity index is 0.00000191. The Hall–Kier alpha value is -1.02. The van der Waals surface area contributed by atoms with Crippen LogP contribution in [0, 0.1) is 5.92 Å². The van der Waals surface area contributed by atoms with Gasteiger partial charge in [-0.2, -0.15) is 0 Å². The van der Waals surface area contributed by atoms with Gasteiger partial charge in [0.2, 0.25) is 0 Å². The van der Waals surface area contributed by atoms with Crippen molar-refractivity contribution in [3.05, 3.63) is 29.8 Å². The van der Waals surface area contributed by atoms with E-state index in [0.29, 0.717) is 18.4 Å². The summed E-state index contributed by atoms with van der Waals surface area (Å²) in [7, 11) is 0. The highest BCUT2D eigenvalue weighted by atomic mass is 16.7. The zero-order valence-electron chi connectivity index (χ0n) is 15.0. The zero-order chi connectivity index (χ0) is 16.3. The average Bonchev–Trinajstić information content (AvgIpc) is 2.48. The molecule has 0 fully saturated rings. The van der Waals surface area contributed by atoms with E-state index in [1.165, 1.54) is 18.4 Å². The van der Waals surface area contributed by atoms with Gasteiger partial charge in [0.25, 0.3) is 0 Å². The second-order valence-electron chi connectivity index (χ2n) is 5.35. The molecule has 122 valence electrons. The first-order valence-electron chi connectivity index (χ1n) is 8.46. The first-order chi connectivity index (χ1) is 10.1. The minimum Gasteiger partial charge on any atom is -0.465 e. The molecule has 2 heteroatoms. The maximum Gasteiger partial charge on any atom is 0.196 e. The monoisotopic (exact) mass is 294 g/mol. The normalized spacial score (nSPS) is 13.3. The number of ether oxygens (including phenoxy) is 2. The van der Waals surface area contributed by atoms with Gasteiger partial charge >= 0.3 is 0 Å². The van der Waals surface area contributed by atoms with Crippen LogP contribution in [0.25, 0.3) is 0 Å². The maximum atomic E-state index is 5.69. The van der Waals surface area contributed by atoms with Crippen LogP contribution in [-0.2, 0) is 4.74 Å². The fourth-order valence-corrected chi connectivity index (χ4v) is 2.45. The van der Waals surface area contributed by atoms with Crippen molar-refractivity contribution in [3.8, 4) is 5.75 Å². The molecular weight excluding hydrogens is 260 g/mol. The Labute approximate surface area is 131 Å². The van der Waals surface area contributed by atoms with Gasteiger partial charge in [0.1, 0.15) is 5.75 Å². The van der Waals surface area contributed by atoms with Gasteiger partial charge in [0, 0.05) is 6.61 Å². The third kappa shape index (κ3) is 7.52. The molecule has 0 bridgehead atoms. The third-order valence-corrected chi connectivity index (χ3v) is 3.42. The molecule has 0 heterocycles. The molecule has 21 heavy (non-hydrogen) atoms. The van der Waals surface area contributed by atoms with E-state index in [1.807, 2.05) is 27.7 Å². The molecule has 1 aromatic rings. The van der Waals surface area contributed by atoms with Gasteiger partial charge in [-0.3, -0.25) is 0 Å². The van der Waals surface area contributed by atoms with E-state index in [0.717, 1.165) is 5.75 Å². The van der Waals surface area contributed by atoms with Crippen LogP contribution in [0.5, 0.6) is 5.75 Å². The minimum atomic E-state index is -0.188. The summed E-state index contributed by atoms with van der Waals surface area (Å²) in [5.74, 6) is 2.20. The predicted octanol–water partition coefficient (Wildman–Crippen LogP) is 6.01. The van der Waals surface area contributed by atoms with Gasteiger partial charge in [-0.15, -0.1) is 0 Å². The van der Waals surface area contributed by atoms with E-state index in [1.54, 1.807) is 0 Å². The predicted molar refractivity (Wildman–Crippen MR) is 92.0 cm³/mol. The van der Waals surface area contributed by atoms with Crippen molar-refractivity contribution >= 4 is 0 Å². The smallest absolute Gasteiger partial charge is 0.196 e. The van der Waals surface area contributed by atoms with Crippen molar-refractivity contribution < 1.29 is 9.47 Å². The minimum absolute atomic E-state index is 0.188. The second-order valence-corrected chi connectivity index (χ2v) is 5.35. The average molecular weight is 294 g/mol. The van der Waals surface area contributed by atoms with E-state index in [2.05, 4.69) is 45.0 Å². The van der Waals surface area contributed by atoms with Crippen LogP contribution in [0.1, 0.15) is 72.8 Å². The Morgan fingerprint density at radius 3 is 1.95 bits per heavy atom. The van der Waals surface area contributed by atoms with Crippen molar-refractivity contribution in [2.24, 2.45) is 5.92 Å². The molecule has 0 aliphatic heterocycles. The van der Waals surface area contributed by atoms with Crippen molar-refractivity contribution in [2.45, 2.75) is 73.5 Å². The molecule has 0 N–H and O–H groups in total. The Morgan fingerprint density at radius 2 is 1.52 bits per heavy atom. The SMILES string of the molecule is CC.CCCC(c1ccc(OC(C)OCC)cc1)C(C)C. The van der Waals surface area contributed by atoms with Gasteiger partial charge in [-0.1, -0.05) is 53.2 Å². The molecule has 0 amide bonds. The first-order valence-corrected chi connectivity index (χ1v) is 8.46. The van der Waals surface area contributed by atoms with Crippen LogP contribution in [0.2, 0.25) is 0 Å². The number of rotatable bonds is 8. The lowest BCUT2D eigenvalue weighted by molar-refractivity contribution is -0.0613. The molecule has 1 aromatic carbocycles. The largest absolute Gasteiger partial charge is 0.465 e. The van der Waals surface area contributed by atoms with Crippen LogP contribution in [0.3, 0.4) is 0 Å². The summed E-state index contributed by atoms with van der Waals surface area (Å²) in [4.78, 5) is 0. The van der Waals surface area contributed by atoms with Crippen LogP contribution in [-0.4, -0.2) is 12.9 Å². The van der Waals surface area contributed by atoms with E-state index >= 15 is 0 Å². The van der Waals surface area contributed by atoms with Gasteiger partial charge in [0.15, 0.2) is 6.29 Å². The second kappa shape index (κ2) is 11.6. The van der Waals surface area contributed by atoms with Crippen molar-refractivity contribution in [3.63, 3.8) is 0 Å². The van der Waals surface area contributed by atoms with Gasteiger partial charge < -0.3 is 9.47 Å². The molecule has 2 atom stereocenters. The molecule has 0 aliphatic rings. The van der Waals surface area contributed by atoms with Crippen LogP contribution < -0.4 is 4.74 Å². The molecule has 0 spiro atoms. The maximum absolute atomic E-state index is 5.69. The summed E-state index contributed by atoms with van der Waals surface area (Å²) >= 11 is 0. The lowest BCUT2D eigenvalue weighted by Gasteiger charge is -2.21. The van der Waals surface area contributed by atoms with Crippen LogP contribution in [0.15, 0.2) is 24.3 Å². The number of hydrogen-bond donors (Lipinski definition) is 0. The van der Waals surface area contributed by atoms with E-state index in [4.69, 9.17) is 9.47 Å². The molecule has 0 aliphatic carbocycles. The number of hydrogen-bond acceptors (Lipinski definition) is 2. The molecule has 0 saturated carbocycles. The molecule has 2 nitrogen and oxygen atoms in total. The van der Waals surface area contributed by atoms with E-state index < -0.39 is 0 Å². The molecule has 2 unspecified atom stereocenters. The molecule has 0 saturated heterocycles. The Bertz CT molecular complexity index is 343. The van der Waals surface area contributed by atoms with Gasteiger partial charge in [-0.25, -0.2) is 0 Å².